The predicted molar refractivity (Wildman–Crippen MR) is 111 cm³/mol. The molecule has 6 heteroatoms. The highest BCUT2D eigenvalue weighted by molar-refractivity contribution is 6.06. The Morgan fingerprint density at radius 2 is 1.71 bits per heavy atom. The number of hydrogen-bond acceptors (Lipinski definition) is 4. The highest BCUT2D eigenvalue weighted by atomic mass is 16.3. The van der Waals surface area contributed by atoms with E-state index in [-0.39, 0.29) is 23.6 Å². The average molecular weight is 375 g/mol. The number of carbonyl (C=O) groups is 2. The molecule has 0 aliphatic carbocycles. The molecule has 0 saturated heterocycles. The minimum Gasteiger partial charge on any atom is -0.507 e. The second-order valence-corrected chi connectivity index (χ2v) is 6.60. The summed E-state index contributed by atoms with van der Waals surface area (Å²) in [5, 5.41) is 18.5. The second kappa shape index (κ2) is 8.35. The van der Waals surface area contributed by atoms with Crippen molar-refractivity contribution in [3.8, 4) is 5.75 Å². The fraction of sp³-hybridized carbons (Fsp3) is 0.136. The Morgan fingerprint density at radius 1 is 1.00 bits per heavy atom. The molecule has 3 aromatic rings. The number of nitrogens with one attached hydrogen (secondary N) is 2. The Bertz CT molecular complexity index is 1070. The Morgan fingerprint density at radius 3 is 2.43 bits per heavy atom. The van der Waals surface area contributed by atoms with Crippen LogP contribution in [0.3, 0.4) is 0 Å². The van der Waals surface area contributed by atoms with Crippen molar-refractivity contribution in [3.63, 3.8) is 0 Å². The number of rotatable bonds is 5. The largest absolute Gasteiger partial charge is 0.507 e. The first-order valence-corrected chi connectivity index (χ1v) is 8.84. The van der Waals surface area contributed by atoms with Gasteiger partial charge in [-0.05, 0) is 54.4 Å². The van der Waals surface area contributed by atoms with Gasteiger partial charge in [0.25, 0.3) is 5.91 Å². The number of amides is 2. The maximum absolute atomic E-state index is 12.3. The molecule has 3 rings (SSSR count). The van der Waals surface area contributed by atoms with Gasteiger partial charge in [0.05, 0.1) is 12.0 Å². The molecule has 28 heavy (non-hydrogen) atoms. The first-order chi connectivity index (χ1) is 13.4. The third kappa shape index (κ3) is 4.73. The van der Waals surface area contributed by atoms with Gasteiger partial charge in [0.1, 0.15) is 5.75 Å². The van der Waals surface area contributed by atoms with Crippen molar-refractivity contribution in [1.82, 2.24) is 5.43 Å². The summed E-state index contributed by atoms with van der Waals surface area (Å²) in [5.41, 5.74) is 4.72. The van der Waals surface area contributed by atoms with E-state index in [4.69, 9.17) is 0 Å². The standard InChI is InChI=1S/C22H21N3O3/c1-14-6-5-9-18(10-14)23-21(27)11-15(2)24-25-22(28)19-12-16-7-3-4-8-17(16)13-20(19)26/h3-10,12-13,26H,11H2,1-2H3,(H,23,27)(H,25,28)/b24-15+. The molecule has 0 bridgehead atoms. The first-order valence-electron chi connectivity index (χ1n) is 8.84. The Hall–Kier alpha value is -3.67. The molecular formula is C22H21N3O3. The first kappa shape index (κ1) is 19.1. The molecule has 3 N–H and O–H groups in total. The van der Waals surface area contributed by atoms with Crippen molar-refractivity contribution in [2.45, 2.75) is 20.3 Å². The van der Waals surface area contributed by atoms with Crippen LogP contribution in [0.25, 0.3) is 10.8 Å². The lowest BCUT2D eigenvalue weighted by Gasteiger charge is -2.08. The number of nitrogens with zero attached hydrogens (tertiary/aromatic N) is 1. The second-order valence-electron chi connectivity index (χ2n) is 6.60. The number of aromatic hydroxyl groups is 1. The minimum atomic E-state index is -0.540. The zero-order valence-corrected chi connectivity index (χ0v) is 15.7. The van der Waals surface area contributed by atoms with Crippen LogP contribution in [0, 0.1) is 6.92 Å². The molecule has 0 unspecified atom stereocenters. The van der Waals surface area contributed by atoms with Crippen LogP contribution >= 0.6 is 0 Å². The quantitative estimate of drug-likeness (QED) is 0.465. The molecule has 142 valence electrons. The van der Waals surface area contributed by atoms with Crippen molar-refractivity contribution >= 4 is 34.0 Å². The predicted octanol–water partition coefficient (Wildman–Crippen LogP) is 3.99. The number of fused-ring (bicyclic) bond motifs is 1. The van der Waals surface area contributed by atoms with Crippen LogP contribution in [0.4, 0.5) is 5.69 Å². The van der Waals surface area contributed by atoms with Crippen LogP contribution < -0.4 is 10.7 Å². The lowest BCUT2D eigenvalue weighted by Crippen LogP contribution is -2.21. The molecule has 2 amide bonds. The van der Waals surface area contributed by atoms with Gasteiger partial charge in [-0.1, -0.05) is 36.4 Å². The molecule has 6 nitrogen and oxygen atoms in total. The van der Waals surface area contributed by atoms with Crippen molar-refractivity contribution in [3.05, 3.63) is 71.8 Å². The van der Waals surface area contributed by atoms with Crippen LogP contribution in [0.5, 0.6) is 5.75 Å². The van der Waals surface area contributed by atoms with E-state index in [2.05, 4.69) is 15.8 Å². The van der Waals surface area contributed by atoms with Crippen LogP contribution in [-0.4, -0.2) is 22.6 Å². The van der Waals surface area contributed by atoms with Gasteiger partial charge in [-0.25, -0.2) is 5.43 Å². The number of phenolic OH excluding ortho intramolecular Hbond substituents is 1. The molecular weight excluding hydrogens is 354 g/mol. The van der Waals surface area contributed by atoms with Crippen molar-refractivity contribution in [1.29, 1.82) is 0 Å². The van der Waals surface area contributed by atoms with Crippen molar-refractivity contribution in [2.24, 2.45) is 5.10 Å². The van der Waals surface area contributed by atoms with E-state index in [0.29, 0.717) is 11.4 Å². The summed E-state index contributed by atoms with van der Waals surface area (Å²) < 4.78 is 0. The van der Waals surface area contributed by atoms with Gasteiger partial charge < -0.3 is 10.4 Å². The summed E-state index contributed by atoms with van der Waals surface area (Å²) in [7, 11) is 0. The van der Waals surface area contributed by atoms with E-state index < -0.39 is 5.91 Å². The molecule has 0 fully saturated rings. The van der Waals surface area contributed by atoms with Gasteiger partial charge >= 0.3 is 0 Å². The van der Waals surface area contributed by atoms with E-state index in [0.717, 1.165) is 16.3 Å². The molecule has 3 aromatic carbocycles. The van der Waals surface area contributed by atoms with Crippen LogP contribution in [0.2, 0.25) is 0 Å². The monoisotopic (exact) mass is 375 g/mol. The van der Waals surface area contributed by atoms with E-state index in [1.54, 1.807) is 13.0 Å². The lowest BCUT2D eigenvalue weighted by atomic mass is 10.1. The third-order valence-electron chi connectivity index (χ3n) is 4.18. The number of phenols is 1. The molecule has 0 radical (unpaired) electrons. The Balaban J connectivity index is 1.63. The summed E-state index contributed by atoms with van der Waals surface area (Å²) in [5.74, 6) is -0.891. The number of carbonyl (C=O) groups excluding carboxylic acids is 2. The van der Waals surface area contributed by atoms with E-state index in [1.165, 1.54) is 6.07 Å². The maximum Gasteiger partial charge on any atom is 0.275 e. The molecule has 0 aliphatic rings. The normalized spacial score (nSPS) is 11.3. The zero-order chi connectivity index (χ0) is 20.1. The summed E-state index contributed by atoms with van der Waals surface area (Å²) in [6.45, 7) is 3.59. The summed E-state index contributed by atoms with van der Waals surface area (Å²) in [4.78, 5) is 24.5. The smallest absolute Gasteiger partial charge is 0.275 e. The van der Waals surface area contributed by atoms with Crippen molar-refractivity contribution < 1.29 is 14.7 Å². The SMILES string of the molecule is C/C(CC(=O)Nc1cccc(C)c1)=N\NC(=O)c1cc2ccccc2cc1O. The van der Waals surface area contributed by atoms with Crippen LogP contribution in [0.15, 0.2) is 65.8 Å². The highest BCUT2D eigenvalue weighted by Crippen LogP contribution is 2.24. The number of aryl methyl sites for hydroxylation is 1. The van der Waals surface area contributed by atoms with Gasteiger partial charge in [-0.15, -0.1) is 0 Å². The Kier molecular flexibility index (Phi) is 5.69. The highest BCUT2D eigenvalue weighted by Gasteiger charge is 2.12. The summed E-state index contributed by atoms with van der Waals surface area (Å²) >= 11 is 0. The molecule has 0 heterocycles. The molecule has 0 aliphatic heterocycles. The van der Waals surface area contributed by atoms with Crippen molar-refractivity contribution in [2.75, 3.05) is 5.32 Å². The third-order valence-corrected chi connectivity index (χ3v) is 4.18. The Labute approximate surface area is 162 Å². The van der Waals surface area contributed by atoms with Gasteiger partial charge in [0.15, 0.2) is 0 Å². The number of hydrogen-bond donors (Lipinski definition) is 3. The van der Waals surface area contributed by atoms with E-state index in [1.807, 2.05) is 55.5 Å². The topological polar surface area (TPSA) is 90.8 Å². The number of benzene rings is 3. The molecule has 0 aromatic heterocycles. The maximum atomic E-state index is 12.3. The molecule has 0 spiro atoms. The summed E-state index contributed by atoms with van der Waals surface area (Å²) in [6, 6.07) is 18.1. The van der Waals surface area contributed by atoms with Gasteiger partial charge in [0, 0.05) is 11.4 Å². The minimum absolute atomic E-state index is 0.0396. The van der Waals surface area contributed by atoms with Gasteiger partial charge in [-0.3, -0.25) is 9.59 Å². The van der Waals surface area contributed by atoms with Gasteiger partial charge in [-0.2, -0.15) is 5.10 Å². The fourth-order valence-electron chi connectivity index (χ4n) is 2.82. The van der Waals surface area contributed by atoms with E-state index >= 15 is 0 Å². The van der Waals surface area contributed by atoms with Gasteiger partial charge in [0.2, 0.25) is 5.91 Å². The van der Waals surface area contributed by atoms with E-state index in [9.17, 15) is 14.7 Å². The fourth-order valence-corrected chi connectivity index (χ4v) is 2.82. The zero-order valence-electron chi connectivity index (χ0n) is 15.7. The number of anilines is 1. The van der Waals surface area contributed by atoms with Crippen LogP contribution in [0.1, 0.15) is 29.3 Å². The number of hydrazone groups is 1. The lowest BCUT2D eigenvalue weighted by molar-refractivity contribution is -0.115. The van der Waals surface area contributed by atoms with Crippen LogP contribution in [-0.2, 0) is 4.79 Å². The summed E-state index contributed by atoms with van der Waals surface area (Å²) in [6.07, 6.45) is 0.0396. The average Bonchev–Trinajstić information content (AvgIpc) is 2.65. The molecule has 0 saturated carbocycles. The molecule has 0 atom stereocenters.